The number of hydrogen-bond donors (Lipinski definition) is 2. The van der Waals surface area contributed by atoms with Gasteiger partial charge in [0, 0.05) is 18.4 Å². The highest BCUT2D eigenvalue weighted by molar-refractivity contribution is 6.08. The second-order valence-corrected chi connectivity index (χ2v) is 8.39. The molecule has 0 radical (unpaired) electrons. The van der Waals surface area contributed by atoms with E-state index < -0.39 is 0 Å². The molecule has 1 aromatic heterocycles. The van der Waals surface area contributed by atoms with E-state index in [9.17, 15) is 14.3 Å². The minimum atomic E-state index is -0.366. The van der Waals surface area contributed by atoms with E-state index in [1.165, 1.54) is 26.4 Å². The van der Waals surface area contributed by atoms with Crippen LogP contribution in [0.4, 0.5) is 4.39 Å². The van der Waals surface area contributed by atoms with E-state index in [-0.39, 0.29) is 35.4 Å². The van der Waals surface area contributed by atoms with Gasteiger partial charge in [-0.1, -0.05) is 12.1 Å². The second-order valence-electron chi connectivity index (χ2n) is 8.39. The van der Waals surface area contributed by atoms with Gasteiger partial charge < -0.3 is 19.9 Å². The molecule has 2 aromatic carbocycles. The van der Waals surface area contributed by atoms with Crippen molar-refractivity contribution in [3.05, 3.63) is 88.0 Å². The zero-order valence-corrected chi connectivity index (χ0v) is 20.1. The maximum atomic E-state index is 14.2. The fourth-order valence-electron chi connectivity index (χ4n) is 4.17. The lowest BCUT2D eigenvalue weighted by Crippen LogP contribution is -2.22. The largest absolute Gasteiger partial charge is 0.502 e. The molecule has 0 fully saturated rings. The summed E-state index contributed by atoms with van der Waals surface area (Å²) in [4.78, 5) is 17.1. The Balaban J connectivity index is 1.66. The third kappa shape index (κ3) is 5.04. The Kier molecular flexibility index (Phi) is 6.87. The zero-order valence-electron chi connectivity index (χ0n) is 20.1. The van der Waals surface area contributed by atoms with Gasteiger partial charge in [-0.25, -0.2) is 4.39 Å². The van der Waals surface area contributed by atoms with E-state index in [2.05, 4.69) is 10.3 Å². The number of allylic oxidation sites excluding steroid dienone is 2. The highest BCUT2D eigenvalue weighted by Gasteiger charge is 2.26. The van der Waals surface area contributed by atoms with Gasteiger partial charge in [0.25, 0.3) is 0 Å². The van der Waals surface area contributed by atoms with Crippen LogP contribution in [0.3, 0.4) is 0 Å². The van der Waals surface area contributed by atoms with Crippen molar-refractivity contribution in [1.82, 2.24) is 10.3 Å². The lowest BCUT2D eigenvalue weighted by atomic mass is 10.00. The maximum absolute atomic E-state index is 14.2. The molecule has 3 aromatic rings. The first-order chi connectivity index (χ1) is 16.8. The van der Waals surface area contributed by atoms with E-state index in [0.717, 1.165) is 39.1 Å². The predicted molar refractivity (Wildman–Crippen MR) is 134 cm³/mol. The van der Waals surface area contributed by atoms with Gasteiger partial charge in [0.2, 0.25) is 11.7 Å². The number of aromatic hydroxyl groups is 1. The third-order valence-corrected chi connectivity index (χ3v) is 6.07. The molecule has 0 aliphatic heterocycles. The number of phenolic OH excluding ortho intramolecular Hbond substituents is 1. The van der Waals surface area contributed by atoms with Crippen molar-refractivity contribution >= 4 is 23.1 Å². The number of nitrogens with one attached hydrogen (secondary N) is 1. The van der Waals surface area contributed by atoms with Gasteiger partial charge in [-0.05, 0) is 89.2 Å². The number of rotatable bonds is 7. The first kappa shape index (κ1) is 24.0. The van der Waals surface area contributed by atoms with Gasteiger partial charge in [0.1, 0.15) is 5.82 Å². The van der Waals surface area contributed by atoms with Gasteiger partial charge in [-0.15, -0.1) is 0 Å². The van der Waals surface area contributed by atoms with Crippen LogP contribution in [0.25, 0.3) is 17.2 Å². The number of amides is 1. The Bertz CT molecular complexity index is 1320. The van der Waals surface area contributed by atoms with Crippen LogP contribution in [0.1, 0.15) is 41.3 Å². The number of hydrogen-bond acceptors (Lipinski definition) is 5. The second kappa shape index (κ2) is 10.0. The quantitative estimate of drug-likeness (QED) is 0.487. The van der Waals surface area contributed by atoms with Crippen LogP contribution in [0.5, 0.6) is 17.2 Å². The Labute approximate surface area is 203 Å². The average Bonchev–Trinajstić information content (AvgIpc) is 3.09. The summed E-state index contributed by atoms with van der Waals surface area (Å²) >= 11 is 0. The van der Waals surface area contributed by atoms with Gasteiger partial charge >= 0.3 is 0 Å². The molecule has 0 bridgehead atoms. The highest BCUT2D eigenvalue weighted by atomic mass is 19.1. The molecule has 1 amide bonds. The molecule has 1 heterocycles. The number of aryl methyl sites for hydroxylation is 1. The summed E-state index contributed by atoms with van der Waals surface area (Å²) in [5, 5.41) is 13.2. The Morgan fingerprint density at radius 2 is 1.77 bits per heavy atom. The van der Waals surface area contributed by atoms with E-state index in [4.69, 9.17) is 9.47 Å². The van der Waals surface area contributed by atoms with Gasteiger partial charge in [-0.3, -0.25) is 9.78 Å². The molecule has 0 spiro atoms. The summed E-state index contributed by atoms with van der Waals surface area (Å²) in [5.41, 5.74) is 6.58. The number of halogens is 1. The van der Waals surface area contributed by atoms with Crippen LogP contribution in [0.15, 0.2) is 54.2 Å². The van der Waals surface area contributed by atoms with Crippen LogP contribution in [-0.2, 0) is 11.3 Å². The van der Waals surface area contributed by atoms with E-state index in [1.807, 2.05) is 32.1 Å². The molecule has 1 aliphatic rings. The smallest absolute Gasteiger partial charge is 0.224 e. The lowest BCUT2D eigenvalue weighted by molar-refractivity contribution is -0.120. The van der Waals surface area contributed by atoms with E-state index in [1.54, 1.807) is 24.4 Å². The molecule has 35 heavy (non-hydrogen) atoms. The average molecular weight is 475 g/mol. The molecule has 1 aliphatic carbocycles. The van der Waals surface area contributed by atoms with Crippen LogP contribution < -0.4 is 14.8 Å². The Morgan fingerprint density at radius 3 is 2.40 bits per heavy atom. The summed E-state index contributed by atoms with van der Waals surface area (Å²) in [6.45, 7) is 4.19. The van der Waals surface area contributed by atoms with Crippen molar-refractivity contribution < 1.29 is 23.8 Å². The number of fused-ring (bicyclic) bond motifs is 1. The fraction of sp³-hybridized carbons (Fsp3) is 0.214. The van der Waals surface area contributed by atoms with Crippen molar-refractivity contribution in [2.24, 2.45) is 0 Å². The molecular formula is C28H27FN2O4. The number of methoxy groups -OCH3 is 2. The first-order valence-corrected chi connectivity index (χ1v) is 11.2. The number of ether oxygens (including phenoxy) is 2. The first-order valence-electron chi connectivity index (χ1n) is 11.2. The number of carbonyl (C=O) groups excluding carboxylic acids is 1. The van der Waals surface area contributed by atoms with Crippen molar-refractivity contribution in [2.75, 3.05) is 14.2 Å². The van der Waals surface area contributed by atoms with Gasteiger partial charge in [0.05, 0.1) is 20.6 Å². The lowest BCUT2D eigenvalue weighted by Gasteiger charge is -2.11. The Hall–Kier alpha value is -4.13. The molecule has 7 heteroatoms. The summed E-state index contributed by atoms with van der Waals surface area (Å²) in [5.74, 6) is -0.0566. The Morgan fingerprint density at radius 1 is 1.06 bits per heavy atom. The van der Waals surface area contributed by atoms with Gasteiger partial charge in [-0.2, -0.15) is 0 Å². The summed E-state index contributed by atoms with van der Waals surface area (Å²) in [6.07, 6.45) is 3.77. The van der Waals surface area contributed by atoms with Crippen molar-refractivity contribution in [1.29, 1.82) is 0 Å². The van der Waals surface area contributed by atoms with Crippen LogP contribution in [0.2, 0.25) is 0 Å². The number of phenols is 1. The molecule has 4 rings (SSSR count). The van der Waals surface area contributed by atoms with Crippen molar-refractivity contribution in [2.45, 2.75) is 26.8 Å². The third-order valence-electron chi connectivity index (χ3n) is 6.07. The van der Waals surface area contributed by atoms with Crippen molar-refractivity contribution in [3.8, 4) is 17.2 Å². The molecule has 180 valence electrons. The minimum Gasteiger partial charge on any atom is -0.502 e. The number of aromatic nitrogens is 1. The predicted octanol–water partition coefficient (Wildman–Crippen LogP) is 5.29. The van der Waals surface area contributed by atoms with Gasteiger partial charge in [0.15, 0.2) is 11.5 Å². The molecule has 0 atom stereocenters. The fourth-order valence-corrected chi connectivity index (χ4v) is 4.17. The topological polar surface area (TPSA) is 80.7 Å². The highest BCUT2D eigenvalue weighted by Crippen LogP contribution is 2.45. The summed E-state index contributed by atoms with van der Waals surface area (Å²) < 4.78 is 24.7. The number of nitrogens with zero attached hydrogens (tertiary/aromatic N) is 1. The summed E-state index contributed by atoms with van der Waals surface area (Å²) in [6, 6.07) is 11.8. The van der Waals surface area contributed by atoms with Crippen LogP contribution in [0, 0.1) is 12.7 Å². The van der Waals surface area contributed by atoms with E-state index >= 15 is 0 Å². The minimum absolute atomic E-state index is 0.0838. The molecule has 0 unspecified atom stereocenters. The number of pyridine rings is 1. The van der Waals surface area contributed by atoms with Crippen molar-refractivity contribution in [3.63, 3.8) is 0 Å². The maximum Gasteiger partial charge on any atom is 0.224 e. The standard InChI is InChI=1S/C28H27FN2O4/c1-16-5-6-18(14-30-16)15-31-27(32)13-23-17(2)22(21-8-7-20(29)12-24(21)23)9-19-10-25(34-3)28(33)26(11-19)35-4/h5-12,14,33H,13,15H2,1-4H3,(H,31,32)/b22-9-. The normalized spacial score (nSPS) is 13.7. The monoisotopic (exact) mass is 474 g/mol. The van der Waals surface area contributed by atoms with Crippen LogP contribution in [-0.4, -0.2) is 30.2 Å². The molecule has 0 saturated carbocycles. The number of benzene rings is 2. The summed E-state index contributed by atoms with van der Waals surface area (Å²) in [7, 11) is 2.93. The molecular weight excluding hydrogens is 447 g/mol. The number of carbonyl (C=O) groups is 1. The molecule has 2 N–H and O–H groups in total. The van der Waals surface area contributed by atoms with E-state index in [0.29, 0.717) is 12.1 Å². The molecule has 0 saturated heterocycles. The molecule has 6 nitrogen and oxygen atoms in total. The SMILES string of the molecule is COc1cc(/C=C2/C(C)=C(CC(=O)NCc3ccc(C)nc3)c3cc(F)ccc32)cc(OC)c1O. The zero-order chi connectivity index (χ0) is 25.1. The van der Waals surface area contributed by atoms with Crippen LogP contribution >= 0.6 is 0 Å².